The number of hydrogen-bond acceptors (Lipinski definition) is 3. The van der Waals surface area contributed by atoms with Crippen LogP contribution in [0.25, 0.3) is 0 Å². The van der Waals surface area contributed by atoms with E-state index in [0.717, 1.165) is 31.2 Å². The molecule has 0 aliphatic heterocycles. The molecular formula is C18H25N3O2S. The monoisotopic (exact) mass is 347 g/mol. The highest BCUT2D eigenvalue weighted by Crippen LogP contribution is 2.23. The van der Waals surface area contributed by atoms with Crippen LogP contribution in [0.4, 0.5) is 4.79 Å². The van der Waals surface area contributed by atoms with Crippen molar-refractivity contribution in [3.8, 4) is 6.07 Å². The van der Waals surface area contributed by atoms with Gasteiger partial charge in [-0.1, -0.05) is 25.5 Å². The Bertz CT molecular complexity index is 641. The number of benzene rings is 1. The lowest BCUT2D eigenvalue weighted by Gasteiger charge is -2.29. The second-order valence-corrected chi connectivity index (χ2v) is 8.24. The highest BCUT2D eigenvalue weighted by atomic mass is 32.2. The highest BCUT2D eigenvalue weighted by Gasteiger charge is 2.26. The quantitative estimate of drug-likeness (QED) is 0.859. The summed E-state index contributed by atoms with van der Waals surface area (Å²) in [4.78, 5) is 12.2. The predicted octanol–water partition coefficient (Wildman–Crippen LogP) is 3.00. The molecule has 24 heavy (non-hydrogen) atoms. The molecule has 0 unspecified atom stereocenters. The van der Waals surface area contributed by atoms with Crippen LogP contribution in [-0.2, 0) is 10.8 Å². The zero-order chi connectivity index (χ0) is 17.5. The van der Waals surface area contributed by atoms with E-state index in [0.29, 0.717) is 11.3 Å². The van der Waals surface area contributed by atoms with Crippen LogP contribution >= 0.6 is 0 Å². The summed E-state index contributed by atoms with van der Waals surface area (Å²) in [5.41, 5.74) is 1.48. The van der Waals surface area contributed by atoms with E-state index in [2.05, 4.69) is 16.7 Å². The molecule has 2 amide bonds. The number of nitrogens with one attached hydrogen (secondary N) is 2. The topological polar surface area (TPSA) is 82.0 Å². The molecule has 1 aliphatic rings. The van der Waals surface area contributed by atoms with Crippen molar-refractivity contribution in [2.24, 2.45) is 0 Å². The van der Waals surface area contributed by atoms with E-state index in [-0.39, 0.29) is 23.4 Å². The Balaban J connectivity index is 1.88. The van der Waals surface area contributed by atoms with Gasteiger partial charge in [0.15, 0.2) is 0 Å². The van der Waals surface area contributed by atoms with Crippen molar-refractivity contribution >= 4 is 16.8 Å². The Labute approximate surface area is 146 Å². The molecule has 0 bridgehead atoms. The summed E-state index contributed by atoms with van der Waals surface area (Å²) < 4.78 is 12.0. The number of hydrogen-bond donors (Lipinski definition) is 2. The Morgan fingerprint density at radius 2 is 2.25 bits per heavy atom. The van der Waals surface area contributed by atoms with Gasteiger partial charge in [-0.15, -0.1) is 0 Å². The SMILES string of the molecule is CC[S@](=O)[C@@H]1CCC[C@@H](NC(=O)N[C@H](C)c2cccc(C#N)c2)C1. The van der Waals surface area contributed by atoms with Gasteiger partial charge in [0.1, 0.15) is 0 Å². The molecule has 2 N–H and O–H groups in total. The van der Waals surface area contributed by atoms with Crippen molar-refractivity contribution in [3.05, 3.63) is 35.4 Å². The highest BCUT2D eigenvalue weighted by molar-refractivity contribution is 7.85. The van der Waals surface area contributed by atoms with Crippen molar-refractivity contribution in [2.75, 3.05) is 5.75 Å². The molecule has 130 valence electrons. The molecule has 1 saturated carbocycles. The zero-order valence-electron chi connectivity index (χ0n) is 14.2. The summed E-state index contributed by atoms with van der Waals surface area (Å²) >= 11 is 0. The molecule has 2 rings (SSSR count). The fourth-order valence-corrected chi connectivity index (χ4v) is 4.48. The molecule has 0 heterocycles. The number of nitrogens with zero attached hydrogens (tertiary/aromatic N) is 1. The van der Waals surface area contributed by atoms with Crippen LogP contribution in [0.15, 0.2) is 24.3 Å². The van der Waals surface area contributed by atoms with Crippen molar-refractivity contribution in [1.29, 1.82) is 5.26 Å². The average Bonchev–Trinajstić information content (AvgIpc) is 2.61. The van der Waals surface area contributed by atoms with E-state index < -0.39 is 10.8 Å². The van der Waals surface area contributed by atoms with Crippen LogP contribution < -0.4 is 10.6 Å². The molecule has 4 atom stereocenters. The van der Waals surface area contributed by atoms with Gasteiger partial charge in [-0.3, -0.25) is 4.21 Å². The Hall–Kier alpha value is -1.87. The molecule has 5 nitrogen and oxygen atoms in total. The lowest BCUT2D eigenvalue weighted by molar-refractivity contribution is 0.230. The summed E-state index contributed by atoms with van der Waals surface area (Å²) in [6.45, 7) is 3.84. The lowest BCUT2D eigenvalue weighted by Crippen LogP contribution is -2.46. The van der Waals surface area contributed by atoms with E-state index in [1.54, 1.807) is 12.1 Å². The third-order valence-electron chi connectivity index (χ3n) is 4.48. The molecule has 0 spiro atoms. The first-order valence-electron chi connectivity index (χ1n) is 8.47. The molecule has 1 aromatic carbocycles. The molecule has 0 saturated heterocycles. The maximum Gasteiger partial charge on any atom is 0.315 e. The number of urea groups is 1. The Morgan fingerprint density at radius 3 is 2.96 bits per heavy atom. The minimum Gasteiger partial charge on any atom is -0.335 e. The molecule has 0 aromatic heterocycles. The Kier molecular flexibility index (Phi) is 6.80. The van der Waals surface area contributed by atoms with E-state index in [4.69, 9.17) is 5.26 Å². The van der Waals surface area contributed by atoms with Gasteiger partial charge in [0.05, 0.1) is 17.7 Å². The number of amides is 2. The van der Waals surface area contributed by atoms with Gasteiger partial charge in [0.25, 0.3) is 0 Å². The molecule has 6 heteroatoms. The van der Waals surface area contributed by atoms with Gasteiger partial charge in [0, 0.05) is 27.8 Å². The number of carbonyl (C=O) groups is 1. The molecular weight excluding hydrogens is 322 g/mol. The summed E-state index contributed by atoms with van der Waals surface area (Å²) in [5, 5.41) is 15.1. The molecule has 1 aliphatic carbocycles. The van der Waals surface area contributed by atoms with Crippen LogP contribution in [0.2, 0.25) is 0 Å². The van der Waals surface area contributed by atoms with Gasteiger partial charge < -0.3 is 10.6 Å². The minimum absolute atomic E-state index is 0.0805. The van der Waals surface area contributed by atoms with Gasteiger partial charge in [0.2, 0.25) is 0 Å². The third kappa shape index (κ3) is 5.07. The number of nitriles is 1. The van der Waals surface area contributed by atoms with Crippen LogP contribution in [0, 0.1) is 11.3 Å². The smallest absolute Gasteiger partial charge is 0.315 e. The molecule has 1 aromatic rings. The van der Waals surface area contributed by atoms with Gasteiger partial charge in [-0.2, -0.15) is 5.26 Å². The summed E-state index contributed by atoms with van der Waals surface area (Å²) in [5.74, 6) is 0.676. The van der Waals surface area contributed by atoms with E-state index in [9.17, 15) is 9.00 Å². The van der Waals surface area contributed by atoms with Crippen molar-refractivity contribution < 1.29 is 9.00 Å². The van der Waals surface area contributed by atoms with Crippen LogP contribution in [0.5, 0.6) is 0 Å². The maximum absolute atomic E-state index is 12.2. The first kappa shape index (κ1) is 18.5. The number of carbonyl (C=O) groups excluding carboxylic acids is 1. The molecule has 1 fully saturated rings. The predicted molar refractivity (Wildman–Crippen MR) is 96.0 cm³/mol. The van der Waals surface area contributed by atoms with Crippen molar-refractivity contribution in [3.63, 3.8) is 0 Å². The van der Waals surface area contributed by atoms with Crippen molar-refractivity contribution in [2.45, 2.75) is 56.9 Å². The first-order chi connectivity index (χ1) is 11.5. The first-order valence-corrected chi connectivity index (χ1v) is 9.86. The largest absolute Gasteiger partial charge is 0.335 e. The van der Waals surface area contributed by atoms with Crippen molar-refractivity contribution in [1.82, 2.24) is 10.6 Å². The van der Waals surface area contributed by atoms with E-state index in [1.807, 2.05) is 26.0 Å². The second-order valence-electron chi connectivity index (χ2n) is 6.23. The fraction of sp³-hybridized carbons (Fsp3) is 0.556. The normalized spacial score (nSPS) is 22.9. The summed E-state index contributed by atoms with van der Waals surface area (Å²) in [7, 11) is -0.795. The van der Waals surface area contributed by atoms with E-state index >= 15 is 0 Å². The third-order valence-corrected chi connectivity index (χ3v) is 6.22. The summed E-state index contributed by atoms with van der Waals surface area (Å²) in [6.07, 6.45) is 3.70. The minimum atomic E-state index is -0.795. The van der Waals surface area contributed by atoms with Gasteiger partial charge in [-0.25, -0.2) is 4.79 Å². The fourth-order valence-electron chi connectivity index (χ4n) is 3.14. The lowest BCUT2D eigenvalue weighted by atomic mass is 9.95. The number of rotatable bonds is 5. The second kappa shape index (κ2) is 8.84. The van der Waals surface area contributed by atoms with Gasteiger partial charge in [-0.05, 0) is 43.9 Å². The Morgan fingerprint density at radius 1 is 1.46 bits per heavy atom. The van der Waals surface area contributed by atoms with Crippen LogP contribution in [0.3, 0.4) is 0 Å². The standard InChI is InChI=1S/C18H25N3O2S/c1-3-24(23)17-9-5-8-16(11-17)21-18(22)20-13(2)15-7-4-6-14(10-15)12-19/h4,6-7,10,13,16-17H,3,5,8-9,11H2,1-2H3,(H2,20,21,22)/t13-,16-,17-,24+/m1/s1. The molecule has 0 radical (unpaired) electrons. The van der Waals surface area contributed by atoms with E-state index in [1.165, 1.54) is 0 Å². The zero-order valence-corrected chi connectivity index (χ0v) is 15.1. The summed E-state index contributed by atoms with van der Waals surface area (Å²) in [6, 6.07) is 9.03. The van der Waals surface area contributed by atoms with Crippen LogP contribution in [0.1, 0.15) is 56.7 Å². The van der Waals surface area contributed by atoms with Crippen LogP contribution in [-0.4, -0.2) is 27.3 Å². The van der Waals surface area contributed by atoms with Gasteiger partial charge >= 0.3 is 6.03 Å². The maximum atomic E-state index is 12.2. The average molecular weight is 347 g/mol.